The van der Waals surface area contributed by atoms with Crippen LogP contribution < -0.4 is 25.4 Å². The second kappa shape index (κ2) is 10.1. The standard InChI is InChI=1S/C18H20ClN3O4/c1-24-15-4-6-16(7-5-15)25-9-2-10-26-17-8-3-14(19)11-13(17)12-21-22-18(20)23/h3-8,11-12H,2,9-10H2,1H3,(H3,20,22,23). The molecular weight excluding hydrogens is 358 g/mol. The molecule has 0 spiro atoms. The predicted molar refractivity (Wildman–Crippen MR) is 100 cm³/mol. The molecule has 0 aliphatic rings. The number of amides is 2. The van der Waals surface area contributed by atoms with Gasteiger partial charge in [-0.15, -0.1) is 0 Å². The molecule has 0 fully saturated rings. The number of hydrogen-bond donors (Lipinski definition) is 2. The largest absolute Gasteiger partial charge is 0.497 e. The average molecular weight is 378 g/mol. The van der Waals surface area contributed by atoms with E-state index < -0.39 is 6.03 Å². The molecule has 138 valence electrons. The van der Waals surface area contributed by atoms with Crippen molar-refractivity contribution in [3.63, 3.8) is 0 Å². The zero-order valence-corrected chi connectivity index (χ0v) is 15.0. The van der Waals surface area contributed by atoms with E-state index in [1.54, 1.807) is 25.3 Å². The van der Waals surface area contributed by atoms with Crippen molar-refractivity contribution in [3.05, 3.63) is 53.1 Å². The molecule has 0 saturated heterocycles. The van der Waals surface area contributed by atoms with Crippen LogP contribution >= 0.6 is 11.6 Å². The van der Waals surface area contributed by atoms with Crippen molar-refractivity contribution in [1.82, 2.24) is 5.43 Å². The Kier molecular flexibility index (Phi) is 7.57. The third-order valence-electron chi connectivity index (χ3n) is 3.22. The maximum atomic E-state index is 10.7. The Morgan fingerprint density at radius 1 is 1.15 bits per heavy atom. The maximum Gasteiger partial charge on any atom is 0.332 e. The van der Waals surface area contributed by atoms with Gasteiger partial charge in [0, 0.05) is 17.0 Å². The van der Waals surface area contributed by atoms with E-state index in [1.807, 2.05) is 24.3 Å². The van der Waals surface area contributed by atoms with Crippen LogP contribution in [-0.2, 0) is 0 Å². The number of benzene rings is 2. The van der Waals surface area contributed by atoms with Crippen molar-refractivity contribution >= 4 is 23.8 Å². The first-order valence-electron chi connectivity index (χ1n) is 7.86. The number of rotatable bonds is 9. The van der Waals surface area contributed by atoms with E-state index in [4.69, 9.17) is 31.5 Å². The molecule has 0 aliphatic heterocycles. The fraction of sp³-hybridized carbons (Fsp3) is 0.222. The molecule has 2 rings (SSSR count). The van der Waals surface area contributed by atoms with Crippen molar-refractivity contribution in [2.75, 3.05) is 20.3 Å². The Morgan fingerprint density at radius 3 is 2.54 bits per heavy atom. The Balaban J connectivity index is 1.81. The average Bonchev–Trinajstić information content (AvgIpc) is 2.63. The number of hydrogen-bond acceptors (Lipinski definition) is 5. The topological polar surface area (TPSA) is 95.2 Å². The molecule has 8 heteroatoms. The Bertz CT molecular complexity index is 751. The van der Waals surface area contributed by atoms with Crippen LogP contribution in [0.15, 0.2) is 47.6 Å². The fourth-order valence-corrected chi connectivity index (χ4v) is 2.20. The number of halogens is 1. The van der Waals surface area contributed by atoms with Crippen LogP contribution in [0.4, 0.5) is 4.79 Å². The zero-order valence-electron chi connectivity index (χ0n) is 14.3. The number of urea groups is 1. The van der Waals surface area contributed by atoms with Crippen molar-refractivity contribution in [2.45, 2.75) is 6.42 Å². The monoisotopic (exact) mass is 377 g/mol. The molecule has 0 radical (unpaired) electrons. The van der Waals surface area contributed by atoms with Crippen LogP contribution in [0.1, 0.15) is 12.0 Å². The summed E-state index contributed by atoms with van der Waals surface area (Å²) in [5, 5.41) is 4.25. The summed E-state index contributed by atoms with van der Waals surface area (Å²) in [5.74, 6) is 2.14. The van der Waals surface area contributed by atoms with Crippen LogP contribution in [0, 0.1) is 0 Å². The zero-order chi connectivity index (χ0) is 18.8. The number of nitrogens with one attached hydrogen (secondary N) is 1. The second-order valence-electron chi connectivity index (χ2n) is 5.14. The van der Waals surface area contributed by atoms with Gasteiger partial charge in [-0.2, -0.15) is 5.10 Å². The molecule has 3 N–H and O–H groups in total. The highest BCUT2D eigenvalue weighted by Crippen LogP contribution is 2.22. The summed E-state index contributed by atoms with van der Waals surface area (Å²) in [6.07, 6.45) is 2.10. The Hall–Kier alpha value is -2.93. The van der Waals surface area contributed by atoms with Gasteiger partial charge in [-0.05, 0) is 42.5 Å². The lowest BCUT2D eigenvalue weighted by Crippen LogP contribution is -2.24. The molecule has 0 atom stereocenters. The summed E-state index contributed by atoms with van der Waals surface area (Å²) < 4.78 is 16.5. The van der Waals surface area contributed by atoms with Crippen molar-refractivity contribution in [1.29, 1.82) is 0 Å². The maximum absolute atomic E-state index is 10.7. The molecular formula is C18H20ClN3O4. The molecule has 2 amide bonds. The summed E-state index contributed by atoms with van der Waals surface area (Å²) in [7, 11) is 1.62. The SMILES string of the molecule is COc1ccc(OCCCOc2ccc(Cl)cc2C=NNC(N)=O)cc1. The number of hydrazone groups is 1. The second-order valence-corrected chi connectivity index (χ2v) is 5.58. The van der Waals surface area contributed by atoms with E-state index >= 15 is 0 Å². The van der Waals surface area contributed by atoms with E-state index in [-0.39, 0.29) is 0 Å². The number of carbonyl (C=O) groups is 1. The first-order chi connectivity index (χ1) is 12.6. The molecule has 2 aromatic rings. The third-order valence-corrected chi connectivity index (χ3v) is 3.46. The van der Waals surface area contributed by atoms with E-state index in [1.165, 1.54) is 6.21 Å². The quantitative estimate of drug-likeness (QED) is 0.398. The summed E-state index contributed by atoms with van der Waals surface area (Å²) in [5.41, 5.74) is 7.71. The van der Waals surface area contributed by atoms with Crippen LogP contribution in [-0.4, -0.2) is 32.6 Å². The fourth-order valence-electron chi connectivity index (χ4n) is 2.02. The van der Waals surface area contributed by atoms with Gasteiger partial charge in [-0.25, -0.2) is 10.2 Å². The van der Waals surface area contributed by atoms with Gasteiger partial charge in [0.1, 0.15) is 17.2 Å². The van der Waals surface area contributed by atoms with Crippen molar-refractivity contribution < 1.29 is 19.0 Å². The smallest absolute Gasteiger partial charge is 0.332 e. The molecule has 0 heterocycles. The molecule has 2 aromatic carbocycles. The van der Waals surface area contributed by atoms with Gasteiger partial charge in [0.2, 0.25) is 0 Å². The van der Waals surface area contributed by atoms with Gasteiger partial charge in [0.25, 0.3) is 0 Å². The highest BCUT2D eigenvalue weighted by molar-refractivity contribution is 6.30. The van der Waals surface area contributed by atoms with Crippen LogP contribution in [0.5, 0.6) is 17.2 Å². The van der Waals surface area contributed by atoms with Crippen LogP contribution in [0.3, 0.4) is 0 Å². The molecule has 0 aromatic heterocycles. The normalized spacial score (nSPS) is 10.5. The van der Waals surface area contributed by atoms with E-state index in [2.05, 4.69) is 10.5 Å². The third kappa shape index (κ3) is 6.52. The number of nitrogens with zero attached hydrogens (tertiary/aromatic N) is 1. The number of carbonyl (C=O) groups excluding carboxylic acids is 1. The number of primary amides is 1. The summed E-state index contributed by atoms with van der Waals surface area (Å²) in [6, 6.07) is 11.7. The van der Waals surface area contributed by atoms with Gasteiger partial charge >= 0.3 is 6.03 Å². The molecule has 0 saturated carbocycles. The molecule has 0 aliphatic carbocycles. The highest BCUT2D eigenvalue weighted by Gasteiger charge is 2.04. The highest BCUT2D eigenvalue weighted by atomic mass is 35.5. The van der Waals surface area contributed by atoms with Gasteiger partial charge in [0.05, 0.1) is 26.5 Å². The minimum absolute atomic E-state index is 0.446. The van der Waals surface area contributed by atoms with Gasteiger partial charge in [-0.1, -0.05) is 11.6 Å². The van der Waals surface area contributed by atoms with Gasteiger partial charge < -0.3 is 19.9 Å². The van der Waals surface area contributed by atoms with E-state index in [9.17, 15) is 4.79 Å². The Labute approximate surface area is 156 Å². The van der Waals surface area contributed by atoms with Gasteiger partial charge in [0.15, 0.2) is 0 Å². The molecule has 26 heavy (non-hydrogen) atoms. The minimum atomic E-state index is -0.749. The summed E-state index contributed by atoms with van der Waals surface area (Å²) in [6.45, 7) is 0.953. The molecule has 0 unspecified atom stereocenters. The number of nitrogens with two attached hydrogens (primary N) is 1. The molecule has 7 nitrogen and oxygen atoms in total. The summed E-state index contributed by atoms with van der Waals surface area (Å²) >= 11 is 5.97. The lowest BCUT2D eigenvalue weighted by Gasteiger charge is -2.10. The first kappa shape index (κ1) is 19.4. The predicted octanol–water partition coefficient (Wildman–Crippen LogP) is 3.20. The van der Waals surface area contributed by atoms with E-state index in [0.717, 1.165) is 11.5 Å². The van der Waals surface area contributed by atoms with E-state index in [0.29, 0.717) is 36.0 Å². The number of methoxy groups -OCH3 is 1. The molecule has 0 bridgehead atoms. The summed E-state index contributed by atoms with van der Waals surface area (Å²) in [4.78, 5) is 10.7. The first-order valence-corrected chi connectivity index (χ1v) is 8.24. The van der Waals surface area contributed by atoms with Crippen LogP contribution in [0.25, 0.3) is 0 Å². The lowest BCUT2D eigenvalue weighted by molar-refractivity contribution is 0.247. The Morgan fingerprint density at radius 2 is 1.85 bits per heavy atom. The van der Waals surface area contributed by atoms with Crippen molar-refractivity contribution in [3.8, 4) is 17.2 Å². The van der Waals surface area contributed by atoms with Crippen LogP contribution in [0.2, 0.25) is 5.02 Å². The van der Waals surface area contributed by atoms with Gasteiger partial charge in [-0.3, -0.25) is 0 Å². The van der Waals surface area contributed by atoms with Crippen molar-refractivity contribution in [2.24, 2.45) is 10.8 Å². The lowest BCUT2D eigenvalue weighted by atomic mass is 10.2. The number of ether oxygens (including phenoxy) is 3. The minimum Gasteiger partial charge on any atom is -0.497 e.